The van der Waals surface area contributed by atoms with Crippen LogP contribution in [0.15, 0.2) is 261 Å². The maximum absolute atomic E-state index is 16.9. The summed E-state index contributed by atoms with van der Waals surface area (Å²) in [7, 11) is 0. The molecule has 0 radical (unpaired) electrons. The highest BCUT2D eigenvalue weighted by atomic mass is 16.8. The fraction of sp³-hybridized carbons (Fsp3) is 0.184. The molecular formula is C76H65NO16. The Morgan fingerprint density at radius 3 is 1.14 bits per heavy atom. The Hall–Kier alpha value is -10.5. The van der Waals surface area contributed by atoms with Crippen molar-refractivity contribution in [2.45, 2.75) is 82.2 Å². The standard InChI is InChI=1S/C76H65NO16/c78-70(60-40-63(84-44-52-24-8-1-9-25-52)68(88-48-56-32-16-5-17-33-56)64(41-60)85-45-53-26-10-2-11-27-53)75(80)72-67(51-90-73(93-72)58-36-20-7-21-37-58)92-74(91-50-59-38-22-23-39-62(59)77(82)83)76(75,81)71(79)61-42-65(86-46-54-28-12-3-13-29-54)69(89-49-57-34-18-6-19-35-57)66(43-61)87-47-55-30-14-4-15-31-55/h1-43,67,72-74,80-81H,44-51H2/t67-,72-,73?,74-,75+,76+/m1/s1. The number of ether oxygens (including phenoxy) is 10. The van der Waals surface area contributed by atoms with Crippen LogP contribution in [0.5, 0.6) is 34.5 Å². The number of benzene rings is 10. The molecule has 2 N–H and O–H groups in total. The maximum Gasteiger partial charge on any atom is 0.274 e. The van der Waals surface area contributed by atoms with Crippen LogP contribution in [-0.2, 0) is 65.2 Å². The van der Waals surface area contributed by atoms with Gasteiger partial charge in [0.05, 0.1) is 23.7 Å². The van der Waals surface area contributed by atoms with Crippen LogP contribution in [0.3, 0.4) is 0 Å². The summed E-state index contributed by atoms with van der Waals surface area (Å²) in [5.41, 5.74) is -3.20. The van der Waals surface area contributed by atoms with Crippen molar-refractivity contribution in [3.63, 3.8) is 0 Å². The first-order chi connectivity index (χ1) is 45.5. The number of ketones is 2. The van der Waals surface area contributed by atoms with E-state index in [1.807, 2.05) is 182 Å². The molecule has 0 aromatic heterocycles. The van der Waals surface area contributed by atoms with E-state index in [-0.39, 0.29) is 91.0 Å². The summed E-state index contributed by atoms with van der Waals surface area (Å²) in [4.78, 5) is 45.7. The Bertz CT molecular complexity index is 4010. The van der Waals surface area contributed by atoms with Crippen molar-refractivity contribution in [1.82, 2.24) is 0 Å². The lowest BCUT2D eigenvalue weighted by Crippen LogP contribution is -2.81. The first-order valence-corrected chi connectivity index (χ1v) is 30.2. The smallest absolute Gasteiger partial charge is 0.274 e. The SMILES string of the molecule is O=C(c1cc(OCc2ccccc2)c(OCc2ccccc2)c(OCc2ccccc2)c1)[C@]1(O)[C@H](OCc2ccccc2[N+](=O)[O-])O[C@@H]2COC(c3ccccc3)O[C@H]2[C@@]1(O)C(=O)c1cc(OCc2ccccc2)c(OCc2ccccc2)c(OCc2ccccc2)c1. The van der Waals surface area contributed by atoms with E-state index < -0.39 is 71.3 Å². The molecular weight excluding hydrogens is 1180 g/mol. The largest absolute Gasteiger partial charge is 0.485 e. The summed E-state index contributed by atoms with van der Waals surface area (Å²) in [5.74, 6) is -2.60. The van der Waals surface area contributed by atoms with Gasteiger partial charge in [0.2, 0.25) is 28.7 Å². The van der Waals surface area contributed by atoms with Gasteiger partial charge in [0, 0.05) is 22.8 Å². The first-order valence-electron chi connectivity index (χ1n) is 30.2. The lowest BCUT2D eigenvalue weighted by Gasteiger charge is -2.56. The van der Waals surface area contributed by atoms with Crippen molar-refractivity contribution in [1.29, 1.82) is 0 Å². The highest BCUT2D eigenvalue weighted by Crippen LogP contribution is 2.51. The van der Waals surface area contributed by atoms with Gasteiger partial charge in [-0.25, -0.2) is 0 Å². The zero-order valence-corrected chi connectivity index (χ0v) is 50.3. The van der Waals surface area contributed by atoms with Crippen LogP contribution >= 0.6 is 0 Å². The molecule has 2 fully saturated rings. The molecule has 0 aliphatic carbocycles. The molecule has 12 rings (SSSR count). The molecule has 2 heterocycles. The minimum absolute atomic E-state index is 0.00204. The Labute approximate surface area is 536 Å². The third kappa shape index (κ3) is 14.3. The summed E-state index contributed by atoms with van der Waals surface area (Å²) in [5, 5.41) is 41.6. The van der Waals surface area contributed by atoms with Crippen molar-refractivity contribution in [2.24, 2.45) is 0 Å². The summed E-state index contributed by atoms with van der Waals surface area (Å²) >= 11 is 0. The molecule has 17 heteroatoms. The minimum Gasteiger partial charge on any atom is -0.485 e. The summed E-state index contributed by atoms with van der Waals surface area (Å²) in [6, 6.07) is 75.5. The molecule has 0 amide bonds. The number of hydrogen-bond acceptors (Lipinski definition) is 16. The number of carbonyl (C=O) groups excluding carboxylic acids is 2. The van der Waals surface area contributed by atoms with E-state index in [4.69, 9.17) is 47.4 Å². The van der Waals surface area contributed by atoms with E-state index in [2.05, 4.69) is 0 Å². The second kappa shape index (κ2) is 29.2. The number of para-hydroxylation sites is 1. The molecule has 93 heavy (non-hydrogen) atoms. The Kier molecular flexibility index (Phi) is 19.7. The molecule has 470 valence electrons. The second-order valence-electron chi connectivity index (χ2n) is 22.3. The lowest BCUT2D eigenvalue weighted by molar-refractivity contribution is -0.394. The van der Waals surface area contributed by atoms with Crippen LogP contribution in [0.25, 0.3) is 0 Å². The number of hydrogen-bond donors (Lipinski definition) is 2. The Morgan fingerprint density at radius 2 is 0.763 bits per heavy atom. The van der Waals surface area contributed by atoms with E-state index in [0.717, 1.165) is 33.4 Å². The van der Waals surface area contributed by atoms with Gasteiger partial charge in [-0.3, -0.25) is 19.7 Å². The first kappa shape index (κ1) is 62.7. The number of nitro benzene ring substituents is 1. The van der Waals surface area contributed by atoms with Gasteiger partial charge in [0.1, 0.15) is 51.8 Å². The second-order valence-corrected chi connectivity index (χ2v) is 22.3. The predicted molar refractivity (Wildman–Crippen MR) is 343 cm³/mol. The van der Waals surface area contributed by atoms with E-state index in [9.17, 15) is 20.3 Å². The van der Waals surface area contributed by atoms with Crippen LogP contribution in [-0.4, -0.2) is 63.0 Å². The predicted octanol–water partition coefficient (Wildman–Crippen LogP) is 13.7. The monoisotopic (exact) mass is 1250 g/mol. The van der Waals surface area contributed by atoms with Crippen LogP contribution in [0.1, 0.15) is 71.5 Å². The average Bonchev–Trinajstić information content (AvgIpc) is 0.699. The topological polar surface area (TPSA) is 210 Å². The molecule has 1 unspecified atom stereocenters. The van der Waals surface area contributed by atoms with E-state index in [1.54, 1.807) is 36.4 Å². The van der Waals surface area contributed by atoms with Gasteiger partial charge in [0.15, 0.2) is 41.2 Å². The van der Waals surface area contributed by atoms with E-state index in [1.165, 1.54) is 42.5 Å². The highest BCUT2D eigenvalue weighted by Gasteiger charge is 2.74. The minimum atomic E-state index is -3.61. The van der Waals surface area contributed by atoms with Gasteiger partial charge in [0.25, 0.3) is 5.69 Å². The van der Waals surface area contributed by atoms with Crippen molar-refractivity contribution in [3.05, 3.63) is 327 Å². The quantitative estimate of drug-likeness (QED) is 0.0279. The van der Waals surface area contributed by atoms with Gasteiger partial charge in [-0.15, -0.1) is 0 Å². The average molecular weight is 1250 g/mol. The number of rotatable bonds is 27. The van der Waals surface area contributed by atoms with Gasteiger partial charge in [-0.2, -0.15) is 0 Å². The summed E-state index contributed by atoms with van der Waals surface area (Å²) in [6.07, 6.45) is -7.15. The zero-order valence-electron chi connectivity index (χ0n) is 50.3. The van der Waals surface area contributed by atoms with Crippen LogP contribution < -0.4 is 28.4 Å². The molecule has 10 aromatic carbocycles. The van der Waals surface area contributed by atoms with Crippen LogP contribution in [0.4, 0.5) is 5.69 Å². The van der Waals surface area contributed by atoms with Gasteiger partial charge < -0.3 is 57.6 Å². The van der Waals surface area contributed by atoms with E-state index >= 15 is 9.59 Å². The molecule has 0 bridgehead atoms. The molecule has 0 saturated carbocycles. The third-order valence-electron chi connectivity index (χ3n) is 16.0. The number of aliphatic hydroxyl groups is 2. The molecule has 2 saturated heterocycles. The third-order valence-corrected chi connectivity index (χ3v) is 16.0. The molecule has 6 atom stereocenters. The number of nitro groups is 1. The lowest BCUT2D eigenvalue weighted by atomic mass is 9.66. The van der Waals surface area contributed by atoms with E-state index in [0.29, 0.717) is 5.56 Å². The number of Topliss-reactive ketones (excluding diaryl/α,β-unsaturated/α-hetero) is 2. The molecule has 17 nitrogen and oxygen atoms in total. The maximum atomic E-state index is 16.9. The highest BCUT2D eigenvalue weighted by molar-refractivity contribution is 6.13. The van der Waals surface area contributed by atoms with Crippen molar-refractivity contribution in [2.75, 3.05) is 6.61 Å². The Morgan fingerprint density at radius 1 is 0.430 bits per heavy atom. The molecule has 2 aliphatic heterocycles. The molecule has 2 aliphatic rings. The van der Waals surface area contributed by atoms with Crippen LogP contribution in [0, 0.1) is 10.1 Å². The number of carbonyl (C=O) groups is 2. The summed E-state index contributed by atoms with van der Waals surface area (Å²) in [6.45, 7) is -1.25. The van der Waals surface area contributed by atoms with Gasteiger partial charge >= 0.3 is 0 Å². The van der Waals surface area contributed by atoms with Crippen molar-refractivity contribution in [3.8, 4) is 34.5 Å². The van der Waals surface area contributed by atoms with Gasteiger partial charge in [-0.05, 0) is 63.7 Å². The fourth-order valence-electron chi connectivity index (χ4n) is 11.1. The number of nitrogens with zero attached hydrogens (tertiary/aromatic N) is 1. The summed E-state index contributed by atoms with van der Waals surface area (Å²) < 4.78 is 65.9. The number of fused-ring (bicyclic) bond motifs is 1. The zero-order chi connectivity index (χ0) is 64.0. The van der Waals surface area contributed by atoms with Crippen molar-refractivity contribution < 1.29 is 72.1 Å². The van der Waals surface area contributed by atoms with Crippen molar-refractivity contribution >= 4 is 17.3 Å². The molecule has 0 spiro atoms. The van der Waals surface area contributed by atoms with Crippen LogP contribution in [0.2, 0.25) is 0 Å². The normalized spacial score (nSPS) is 19.1. The Balaban J connectivity index is 1.06. The van der Waals surface area contributed by atoms with Gasteiger partial charge in [-0.1, -0.05) is 224 Å². The fourth-order valence-corrected chi connectivity index (χ4v) is 11.1. The molecule has 10 aromatic rings.